The van der Waals surface area contributed by atoms with Crippen molar-refractivity contribution in [3.05, 3.63) is 95.8 Å². The normalized spacial score (nSPS) is 12.0. The van der Waals surface area contributed by atoms with Gasteiger partial charge in [-0.15, -0.1) is 0 Å². The van der Waals surface area contributed by atoms with Crippen LogP contribution in [0.5, 0.6) is 0 Å². The molecule has 0 heterocycles. The predicted molar refractivity (Wildman–Crippen MR) is 135 cm³/mol. The van der Waals surface area contributed by atoms with E-state index < -0.39 is 15.8 Å². The van der Waals surface area contributed by atoms with Crippen molar-refractivity contribution in [2.24, 2.45) is 0 Å². The monoisotopic (exact) mass is 497 g/mol. The number of hydrogen-bond acceptors (Lipinski definition) is 4. The molecule has 9 heteroatoms. The van der Waals surface area contributed by atoms with Gasteiger partial charge in [-0.1, -0.05) is 42.5 Å². The Labute approximate surface area is 205 Å². The summed E-state index contributed by atoms with van der Waals surface area (Å²) in [5.74, 6) is -1.15. The topological polar surface area (TPSA) is 95.6 Å². The lowest BCUT2D eigenvalue weighted by Gasteiger charge is -2.22. The molecule has 2 N–H and O–H groups in total. The minimum atomic E-state index is -3.61. The molecule has 0 bridgehead atoms. The molecule has 3 aromatic carbocycles. The minimum absolute atomic E-state index is 0.0313. The maximum Gasteiger partial charge on any atom is 0.253 e. The fraction of sp³-hybridized carbons (Fsp3) is 0.231. The molecular formula is C26H28FN3O4S. The van der Waals surface area contributed by atoms with E-state index in [1.807, 2.05) is 37.3 Å². The number of carbonyl (C=O) groups is 2. The van der Waals surface area contributed by atoms with Crippen LogP contribution in [0.1, 0.15) is 41.7 Å². The van der Waals surface area contributed by atoms with Crippen molar-refractivity contribution in [2.75, 3.05) is 22.4 Å². The first-order valence-corrected chi connectivity index (χ1v) is 13.0. The molecule has 3 rings (SSSR count). The number of carbonyl (C=O) groups excluding carboxylic acids is 2. The molecule has 0 aliphatic rings. The average molecular weight is 498 g/mol. The van der Waals surface area contributed by atoms with Crippen LogP contribution < -0.4 is 14.9 Å². The molecule has 0 aliphatic heterocycles. The zero-order valence-electron chi connectivity index (χ0n) is 19.6. The van der Waals surface area contributed by atoms with Crippen molar-refractivity contribution in [3.63, 3.8) is 0 Å². The first-order valence-electron chi connectivity index (χ1n) is 11.1. The largest absolute Gasteiger partial charge is 0.345 e. The fourth-order valence-electron chi connectivity index (χ4n) is 3.58. The Hall–Kier alpha value is -3.72. The number of rotatable bonds is 10. The minimum Gasteiger partial charge on any atom is -0.345 e. The van der Waals surface area contributed by atoms with Gasteiger partial charge in [-0.3, -0.25) is 13.9 Å². The van der Waals surface area contributed by atoms with Gasteiger partial charge in [-0.2, -0.15) is 0 Å². The summed E-state index contributed by atoms with van der Waals surface area (Å²) >= 11 is 0. The van der Waals surface area contributed by atoms with Gasteiger partial charge in [0.2, 0.25) is 15.9 Å². The summed E-state index contributed by atoms with van der Waals surface area (Å²) in [5, 5.41) is 5.68. The number of benzene rings is 3. The van der Waals surface area contributed by atoms with Gasteiger partial charge in [0.05, 0.1) is 29.2 Å². The van der Waals surface area contributed by atoms with E-state index in [2.05, 4.69) is 10.6 Å². The molecule has 0 spiro atoms. The maximum atomic E-state index is 13.2. The third-order valence-corrected chi connectivity index (χ3v) is 6.57. The van der Waals surface area contributed by atoms with Gasteiger partial charge in [-0.25, -0.2) is 12.8 Å². The van der Waals surface area contributed by atoms with Gasteiger partial charge in [0.15, 0.2) is 0 Å². The Morgan fingerprint density at radius 3 is 2.23 bits per heavy atom. The van der Waals surface area contributed by atoms with Gasteiger partial charge >= 0.3 is 0 Å². The average Bonchev–Trinajstić information content (AvgIpc) is 2.82. The van der Waals surface area contributed by atoms with Crippen LogP contribution >= 0.6 is 0 Å². The summed E-state index contributed by atoms with van der Waals surface area (Å²) in [6.45, 7) is 1.93. The lowest BCUT2D eigenvalue weighted by Crippen LogP contribution is -2.31. The lowest BCUT2D eigenvalue weighted by molar-refractivity contribution is -0.116. The zero-order chi connectivity index (χ0) is 25.4. The highest BCUT2D eigenvalue weighted by molar-refractivity contribution is 7.92. The molecule has 0 saturated carbocycles. The summed E-state index contributed by atoms with van der Waals surface area (Å²) in [6.07, 6.45) is 1.32. The number of sulfonamides is 1. The third kappa shape index (κ3) is 7.38. The van der Waals surface area contributed by atoms with Gasteiger partial charge < -0.3 is 10.6 Å². The van der Waals surface area contributed by atoms with Gasteiger partial charge in [0.25, 0.3) is 5.91 Å². The number of amides is 2. The smallest absolute Gasteiger partial charge is 0.253 e. The van der Waals surface area contributed by atoms with Gasteiger partial charge in [-0.05, 0) is 55.3 Å². The van der Waals surface area contributed by atoms with Gasteiger partial charge in [0, 0.05) is 13.0 Å². The fourth-order valence-corrected chi connectivity index (χ4v) is 4.54. The summed E-state index contributed by atoms with van der Waals surface area (Å²) in [7, 11) is -3.61. The van der Waals surface area contributed by atoms with E-state index in [0.717, 1.165) is 16.1 Å². The van der Waals surface area contributed by atoms with E-state index in [1.54, 1.807) is 24.3 Å². The van der Waals surface area contributed by atoms with E-state index in [9.17, 15) is 22.4 Å². The molecule has 184 valence electrons. The van der Waals surface area contributed by atoms with Crippen molar-refractivity contribution in [1.29, 1.82) is 0 Å². The van der Waals surface area contributed by atoms with Crippen molar-refractivity contribution in [1.82, 2.24) is 5.32 Å². The standard InChI is InChI=1S/C26H28FN3O4S/c1-19(20-9-4-3-5-10-20)28-26(32)23-11-6-7-12-24(23)29-25(31)13-8-18-30(35(2,33)34)22-16-14-21(27)15-17-22/h3-7,9-12,14-17,19H,8,13,18H2,1-2H3,(H,28,32)(H,29,31)/t19-/m0/s1. The first-order chi connectivity index (χ1) is 16.6. The summed E-state index contributed by atoms with van der Waals surface area (Å²) in [4.78, 5) is 25.4. The van der Waals surface area contributed by atoms with E-state index in [0.29, 0.717) is 16.9 Å². The predicted octanol–water partition coefficient (Wildman–Crippen LogP) is 4.50. The number of anilines is 2. The molecule has 7 nitrogen and oxygen atoms in total. The van der Waals surface area contributed by atoms with Crippen LogP contribution in [0.15, 0.2) is 78.9 Å². The second-order valence-corrected chi connectivity index (χ2v) is 10.0. The highest BCUT2D eigenvalue weighted by Crippen LogP contribution is 2.20. The number of nitrogens with zero attached hydrogens (tertiary/aromatic N) is 1. The van der Waals surface area contributed by atoms with E-state index in [-0.39, 0.29) is 37.2 Å². The van der Waals surface area contributed by atoms with E-state index >= 15 is 0 Å². The highest BCUT2D eigenvalue weighted by atomic mass is 32.2. The second-order valence-electron chi connectivity index (χ2n) is 8.11. The summed E-state index contributed by atoms with van der Waals surface area (Å²) in [5.41, 5.74) is 1.98. The number of nitrogens with one attached hydrogen (secondary N) is 2. The highest BCUT2D eigenvalue weighted by Gasteiger charge is 2.19. The summed E-state index contributed by atoms with van der Waals surface area (Å²) in [6, 6.07) is 21.1. The Balaban J connectivity index is 1.61. The quantitative estimate of drug-likeness (QED) is 0.431. The summed E-state index contributed by atoms with van der Waals surface area (Å²) < 4.78 is 38.7. The van der Waals surface area contributed by atoms with Crippen LogP contribution in [0.2, 0.25) is 0 Å². The van der Waals surface area contributed by atoms with Crippen LogP contribution in [-0.4, -0.2) is 33.0 Å². The van der Waals surface area contributed by atoms with Crippen LogP contribution in [0.4, 0.5) is 15.8 Å². The molecule has 0 aromatic heterocycles. The van der Waals surface area contributed by atoms with Crippen molar-refractivity contribution in [3.8, 4) is 0 Å². The van der Waals surface area contributed by atoms with Gasteiger partial charge in [0.1, 0.15) is 5.82 Å². The molecular weight excluding hydrogens is 469 g/mol. The molecule has 35 heavy (non-hydrogen) atoms. The Bertz CT molecular complexity index is 1270. The molecule has 3 aromatic rings. The lowest BCUT2D eigenvalue weighted by atomic mass is 10.1. The van der Waals surface area contributed by atoms with Crippen molar-refractivity contribution in [2.45, 2.75) is 25.8 Å². The Kier molecular flexibility index (Phi) is 8.59. The van der Waals surface area contributed by atoms with Crippen LogP contribution in [0.25, 0.3) is 0 Å². The Morgan fingerprint density at radius 2 is 1.57 bits per heavy atom. The van der Waals surface area contributed by atoms with Crippen molar-refractivity contribution < 1.29 is 22.4 Å². The molecule has 0 radical (unpaired) electrons. The van der Waals surface area contributed by atoms with Crippen LogP contribution in [-0.2, 0) is 14.8 Å². The zero-order valence-corrected chi connectivity index (χ0v) is 20.4. The molecule has 0 aliphatic carbocycles. The molecule has 1 atom stereocenters. The Morgan fingerprint density at radius 1 is 0.943 bits per heavy atom. The molecule has 0 fully saturated rings. The van der Waals surface area contributed by atoms with E-state index in [1.165, 1.54) is 24.3 Å². The maximum absolute atomic E-state index is 13.2. The third-order valence-electron chi connectivity index (χ3n) is 5.37. The van der Waals surface area contributed by atoms with Crippen LogP contribution in [0.3, 0.4) is 0 Å². The number of para-hydroxylation sites is 1. The van der Waals surface area contributed by atoms with Crippen LogP contribution in [0, 0.1) is 5.82 Å². The number of hydrogen-bond donors (Lipinski definition) is 2. The van der Waals surface area contributed by atoms with E-state index in [4.69, 9.17) is 0 Å². The molecule has 0 unspecified atom stereocenters. The second kappa shape index (κ2) is 11.6. The molecule has 0 saturated heterocycles. The molecule has 2 amide bonds. The van der Waals surface area contributed by atoms with Crippen molar-refractivity contribution >= 4 is 33.2 Å². The first kappa shape index (κ1) is 25.9. The number of halogens is 1. The SMILES string of the molecule is C[C@H](NC(=O)c1ccccc1NC(=O)CCCN(c1ccc(F)cc1)S(C)(=O)=O)c1ccccc1.